The van der Waals surface area contributed by atoms with Gasteiger partial charge in [-0.3, -0.25) is 0 Å². The molecule has 3 aromatic carbocycles. The summed E-state index contributed by atoms with van der Waals surface area (Å²) in [5.41, 5.74) is 9.73. The van der Waals surface area contributed by atoms with E-state index < -0.39 is 4.46 Å². The molecule has 0 amide bonds. The standard InChI is InChI=1S/C21H24Cl2N2.C18H33P.C7H6.Ru/c1-15(2)17-9-5-7-11-19(17)24-13-21(22,23)25(14-24)20-12-8-6-10-18(20)16(3)4;1-4-10-16(11-5-1)19(17-12-6-2-7-13-17)18-14-8-3-9-15-18;1-7-5-3-2-4-6-7;/h5-12,15-16H,13H2,1-4H3;16-18H,1-15H2;1-6H;/p+1. The van der Waals surface area contributed by atoms with Gasteiger partial charge < -0.3 is 0 Å². The second kappa shape index (κ2) is 19.5. The van der Waals surface area contributed by atoms with Crippen LogP contribution < -0.4 is 9.80 Å². The number of halogens is 2. The number of benzene rings is 3. The van der Waals surface area contributed by atoms with E-state index in [9.17, 15) is 0 Å². The van der Waals surface area contributed by atoms with Crippen LogP contribution in [-0.4, -0.2) is 36.9 Å². The second-order valence-corrected chi connectivity index (χ2v) is 23.1. The number of rotatable bonds is 8. The minimum atomic E-state index is -1.07. The fraction of sp³-hybridized carbons (Fsp3) is 0.565. The van der Waals surface area contributed by atoms with Gasteiger partial charge in [-0.2, -0.15) is 0 Å². The first-order valence-electron chi connectivity index (χ1n) is 20.6. The SMILES string of the molecule is C1CCC([PH+](C2CCCCC2)C2CCCCC2)CC1.CC(C)c1ccccc1N1CC(Cl)(Cl)N(c2ccccc2C(C)C)[C]1=[Ru]=[CH]c1ccccc1. The molecule has 0 bridgehead atoms. The van der Waals surface area contributed by atoms with Crippen molar-refractivity contribution in [1.29, 1.82) is 0 Å². The van der Waals surface area contributed by atoms with Crippen molar-refractivity contribution in [2.24, 2.45) is 0 Å². The van der Waals surface area contributed by atoms with Gasteiger partial charge in [-0.05, 0) is 77.0 Å². The third-order valence-corrected chi connectivity index (χ3v) is 19.3. The van der Waals surface area contributed by atoms with E-state index in [1.807, 2.05) is 0 Å². The summed E-state index contributed by atoms with van der Waals surface area (Å²) in [5, 5.41) is 0. The molecule has 1 aliphatic heterocycles. The van der Waals surface area contributed by atoms with Gasteiger partial charge in [0, 0.05) is 7.92 Å². The summed E-state index contributed by atoms with van der Waals surface area (Å²) in [6.45, 7) is 9.41. The zero-order valence-electron chi connectivity index (χ0n) is 32.3. The summed E-state index contributed by atoms with van der Waals surface area (Å²) in [6.07, 6.45) is 23.8. The van der Waals surface area contributed by atoms with E-state index in [2.05, 4.69) is 121 Å². The van der Waals surface area contributed by atoms with Gasteiger partial charge in [0.25, 0.3) is 0 Å². The molecule has 0 aromatic heterocycles. The van der Waals surface area contributed by atoms with Crippen molar-refractivity contribution in [2.75, 3.05) is 16.3 Å². The van der Waals surface area contributed by atoms with E-state index in [4.69, 9.17) is 23.2 Å². The molecule has 3 aromatic rings. The van der Waals surface area contributed by atoms with Crippen molar-refractivity contribution in [3.63, 3.8) is 0 Å². The van der Waals surface area contributed by atoms with Crippen LogP contribution in [0.15, 0.2) is 78.9 Å². The molecule has 3 aliphatic carbocycles. The van der Waals surface area contributed by atoms with Crippen LogP contribution in [0.5, 0.6) is 0 Å². The zero-order valence-corrected chi connectivity index (χ0v) is 36.5. The molecule has 0 atom stereocenters. The molecule has 0 radical (unpaired) electrons. The average Bonchev–Trinajstić information content (AvgIpc) is 3.45. The first-order valence-corrected chi connectivity index (χ1v) is 25.0. The van der Waals surface area contributed by atoms with Crippen molar-refractivity contribution in [1.82, 2.24) is 0 Å². The summed E-state index contributed by atoms with van der Waals surface area (Å²) >= 11 is 13.9. The van der Waals surface area contributed by atoms with Crippen LogP contribution in [0.4, 0.5) is 11.4 Å². The third-order valence-electron chi connectivity index (χ3n) is 12.0. The molecule has 4 aliphatic rings. The number of hydrogen-bond acceptors (Lipinski definition) is 2. The Balaban J connectivity index is 0.000000206. The molecule has 2 nitrogen and oxygen atoms in total. The van der Waals surface area contributed by atoms with Gasteiger partial charge in [-0.15, -0.1) is 0 Å². The molecule has 1 saturated heterocycles. The van der Waals surface area contributed by atoms with E-state index in [1.165, 1.54) is 43.7 Å². The minimum absolute atomic E-state index is 0.0465. The quantitative estimate of drug-likeness (QED) is 0.0964. The Morgan fingerprint density at radius 1 is 0.596 bits per heavy atom. The Kier molecular flexibility index (Phi) is 15.1. The molecule has 52 heavy (non-hydrogen) atoms. The predicted octanol–water partition coefficient (Wildman–Crippen LogP) is 13.6. The van der Waals surface area contributed by atoms with Crippen molar-refractivity contribution >= 4 is 51.5 Å². The van der Waals surface area contributed by atoms with Crippen LogP contribution in [0, 0.1) is 0 Å². The Hall–Kier alpha value is -1.37. The molecule has 0 spiro atoms. The van der Waals surface area contributed by atoms with Crippen LogP contribution in [0.25, 0.3) is 0 Å². The predicted molar refractivity (Wildman–Crippen MR) is 231 cm³/mol. The van der Waals surface area contributed by atoms with Crippen LogP contribution in [-0.2, 0) is 16.2 Å². The Morgan fingerprint density at radius 2 is 1.02 bits per heavy atom. The van der Waals surface area contributed by atoms with Gasteiger partial charge in [0.1, 0.15) is 0 Å². The summed E-state index contributed by atoms with van der Waals surface area (Å²) in [7, 11) is -0.0465. The molecule has 1 heterocycles. The molecule has 7 rings (SSSR count). The Morgan fingerprint density at radius 3 is 1.50 bits per heavy atom. The molecule has 284 valence electrons. The molecule has 0 N–H and O–H groups in total. The maximum absolute atomic E-state index is 7.13. The number of alkyl halides is 2. The maximum atomic E-state index is 7.13. The van der Waals surface area contributed by atoms with Crippen molar-refractivity contribution in [3.05, 3.63) is 95.6 Å². The van der Waals surface area contributed by atoms with E-state index in [0.717, 1.165) is 5.69 Å². The third kappa shape index (κ3) is 10.1. The van der Waals surface area contributed by atoms with Crippen LogP contribution in [0.1, 0.15) is 153 Å². The average molecular weight is 848 g/mol. The summed E-state index contributed by atoms with van der Waals surface area (Å²) in [6, 6.07) is 27.6. The first-order chi connectivity index (χ1) is 25.2. The number of para-hydroxylation sites is 2. The molecule has 3 saturated carbocycles. The van der Waals surface area contributed by atoms with Crippen LogP contribution in [0.2, 0.25) is 0 Å². The van der Waals surface area contributed by atoms with Gasteiger partial charge in [-0.1, -0.05) is 19.3 Å². The summed E-state index contributed by atoms with van der Waals surface area (Å²) in [4.78, 5) is 4.53. The summed E-state index contributed by atoms with van der Waals surface area (Å²) in [5.74, 6) is 0.755. The molecular weight excluding hydrogens is 783 g/mol. The van der Waals surface area contributed by atoms with Gasteiger partial charge in [0.15, 0.2) is 0 Å². The fourth-order valence-corrected chi connectivity index (χ4v) is 17.7. The Bertz CT molecular complexity index is 1570. The molecular formula is C46H64Cl2N2PRu+. The van der Waals surface area contributed by atoms with E-state index in [1.54, 1.807) is 96.3 Å². The van der Waals surface area contributed by atoms with Gasteiger partial charge in [0.05, 0.1) is 17.0 Å². The fourth-order valence-electron chi connectivity index (χ4n) is 9.47. The van der Waals surface area contributed by atoms with E-state index >= 15 is 0 Å². The molecule has 4 fully saturated rings. The van der Waals surface area contributed by atoms with Crippen LogP contribution >= 0.6 is 31.1 Å². The van der Waals surface area contributed by atoms with Crippen molar-refractivity contribution in [3.8, 4) is 0 Å². The first kappa shape index (κ1) is 40.3. The molecule has 6 heteroatoms. The number of hydrogen-bond donors (Lipinski definition) is 0. The van der Waals surface area contributed by atoms with E-state index in [-0.39, 0.29) is 24.1 Å². The van der Waals surface area contributed by atoms with Crippen LogP contribution in [0.3, 0.4) is 0 Å². The second-order valence-electron chi connectivity index (χ2n) is 16.4. The Labute approximate surface area is 334 Å². The van der Waals surface area contributed by atoms with Gasteiger partial charge >= 0.3 is 216 Å². The monoisotopic (exact) mass is 847 g/mol. The van der Waals surface area contributed by atoms with Crippen molar-refractivity contribution < 1.29 is 16.2 Å². The zero-order chi connectivity index (χ0) is 36.5. The van der Waals surface area contributed by atoms with Gasteiger partial charge in [-0.25, -0.2) is 0 Å². The molecule has 0 unspecified atom stereocenters. The normalized spacial score (nSPS) is 20.4. The van der Waals surface area contributed by atoms with Crippen molar-refractivity contribution in [2.45, 2.75) is 157 Å². The summed E-state index contributed by atoms with van der Waals surface area (Å²) < 4.78 is 2.45. The van der Waals surface area contributed by atoms with E-state index in [0.29, 0.717) is 18.4 Å². The number of anilines is 2. The number of nitrogens with zero attached hydrogens (tertiary/aromatic N) is 2. The topological polar surface area (TPSA) is 6.48 Å². The van der Waals surface area contributed by atoms with Gasteiger partial charge in [0.2, 0.25) is 0 Å².